The minimum atomic E-state index is -2.59. The minimum Gasteiger partial charge on any atom is -0.493 e. The van der Waals surface area contributed by atoms with Gasteiger partial charge in [-0.05, 0) is 29.1 Å². The Morgan fingerprint density at radius 2 is 2.12 bits per heavy atom. The van der Waals surface area contributed by atoms with E-state index >= 15 is 0 Å². The van der Waals surface area contributed by atoms with Crippen molar-refractivity contribution in [2.45, 2.75) is 26.2 Å². The lowest BCUT2D eigenvalue weighted by Gasteiger charge is -2.12. The van der Waals surface area contributed by atoms with Gasteiger partial charge in [-0.1, -0.05) is 12.1 Å². The van der Waals surface area contributed by atoms with Crippen molar-refractivity contribution in [2.24, 2.45) is 0 Å². The third-order valence-corrected chi connectivity index (χ3v) is 4.60. The predicted octanol–water partition coefficient (Wildman–Crippen LogP) is 4.22. The van der Waals surface area contributed by atoms with Crippen molar-refractivity contribution in [2.75, 3.05) is 7.11 Å². The Morgan fingerprint density at radius 1 is 1.23 bits per heavy atom. The highest BCUT2D eigenvalue weighted by Gasteiger charge is 2.11. The number of rotatable bonds is 9. The predicted molar refractivity (Wildman–Crippen MR) is 95.7 cm³/mol. The molecular formula is C18H19F2N3O2S. The number of imidazole rings is 1. The summed E-state index contributed by atoms with van der Waals surface area (Å²) in [5, 5.41) is 5.12. The fourth-order valence-electron chi connectivity index (χ4n) is 2.46. The molecule has 0 aliphatic rings. The first-order valence-corrected chi connectivity index (χ1v) is 8.88. The largest absolute Gasteiger partial charge is 0.493 e. The summed E-state index contributed by atoms with van der Waals surface area (Å²) < 4.78 is 37.6. The molecule has 26 heavy (non-hydrogen) atoms. The number of nitrogens with zero attached hydrogens (tertiary/aromatic N) is 2. The molecule has 0 unspecified atom stereocenters. The smallest absolute Gasteiger partial charge is 0.319 e. The second kappa shape index (κ2) is 8.77. The fourth-order valence-corrected chi connectivity index (χ4v) is 3.08. The molecule has 0 spiro atoms. The normalized spacial score (nSPS) is 11.1. The van der Waals surface area contributed by atoms with Gasteiger partial charge in [0.2, 0.25) is 0 Å². The molecule has 3 aromatic rings. The Kier molecular flexibility index (Phi) is 6.19. The van der Waals surface area contributed by atoms with Crippen molar-refractivity contribution in [1.29, 1.82) is 0 Å². The first-order valence-electron chi connectivity index (χ1n) is 8.00. The standard InChI is InChI=1S/C18H19F2N3O2S/c1-24-16-9-13(4-5-15(16)25-12-14-3-2-8-26-14)10-21-11-17-22-6-7-23(17)18(19)20/h2-9,18,21H,10-12H2,1H3. The molecule has 0 bridgehead atoms. The number of methoxy groups -OCH3 is 1. The molecule has 2 heterocycles. The Hall–Kier alpha value is -2.45. The van der Waals surface area contributed by atoms with Crippen molar-refractivity contribution >= 4 is 11.3 Å². The molecule has 0 saturated heterocycles. The molecule has 0 aliphatic carbocycles. The van der Waals surface area contributed by atoms with Gasteiger partial charge in [-0.25, -0.2) is 4.98 Å². The number of thiophene rings is 1. The number of nitrogens with one attached hydrogen (secondary N) is 1. The summed E-state index contributed by atoms with van der Waals surface area (Å²) in [5.74, 6) is 1.59. The Labute approximate surface area is 154 Å². The molecule has 0 amide bonds. The molecule has 138 valence electrons. The molecule has 1 N–H and O–H groups in total. The molecule has 0 saturated carbocycles. The van der Waals surface area contributed by atoms with E-state index < -0.39 is 6.55 Å². The van der Waals surface area contributed by atoms with Crippen LogP contribution in [0.5, 0.6) is 11.5 Å². The van der Waals surface area contributed by atoms with Crippen molar-refractivity contribution in [3.8, 4) is 11.5 Å². The van der Waals surface area contributed by atoms with Crippen LogP contribution in [0.15, 0.2) is 48.1 Å². The zero-order valence-electron chi connectivity index (χ0n) is 14.2. The third-order valence-electron chi connectivity index (χ3n) is 3.75. The van der Waals surface area contributed by atoms with E-state index in [1.165, 1.54) is 12.4 Å². The minimum absolute atomic E-state index is 0.246. The van der Waals surface area contributed by atoms with Crippen LogP contribution in [0, 0.1) is 0 Å². The van der Waals surface area contributed by atoms with E-state index in [1.807, 2.05) is 35.7 Å². The van der Waals surface area contributed by atoms with Crippen LogP contribution in [0.25, 0.3) is 0 Å². The quantitative estimate of drug-likeness (QED) is 0.605. The van der Waals surface area contributed by atoms with Gasteiger partial charge in [-0.3, -0.25) is 4.57 Å². The SMILES string of the molecule is COc1cc(CNCc2nccn2C(F)F)ccc1OCc1cccs1. The molecule has 0 aliphatic heterocycles. The van der Waals surface area contributed by atoms with Crippen LogP contribution in [0.3, 0.4) is 0 Å². The molecule has 5 nitrogen and oxygen atoms in total. The average Bonchev–Trinajstić information content (AvgIpc) is 3.32. The maximum Gasteiger partial charge on any atom is 0.319 e. The topological polar surface area (TPSA) is 48.3 Å². The van der Waals surface area contributed by atoms with Crippen LogP contribution in [-0.4, -0.2) is 16.7 Å². The maximum absolute atomic E-state index is 12.8. The van der Waals surface area contributed by atoms with E-state index in [-0.39, 0.29) is 6.54 Å². The van der Waals surface area contributed by atoms with Crippen LogP contribution in [0.2, 0.25) is 0 Å². The number of ether oxygens (including phenoxy) is 2. The first-order chi connectivity index (χ1) is 12.7. The van der Waals surface area contributed by atoms with E-state index in [4.69, 9.17) is 9.47 Å². The highest BCUT2D eigenvalue weighted by Crippen LogP contribution is 2.29. The van der Waals surface area contributed by atoms with E-state index in [9.17, 15) is 8.78 Å². The Bertz CT molecular complexity index is 822. The number of benzene rings is 1. The average molecular weight is 379 g/mol. The number of alkyl halides is 2. The fraction of sp³-hybridized carbons (Fsp3) is 0.278. The first kappa shape index (κ1) is 18.3. The van der Waals surface area contributed by atoms with Crippen molar-refractivity contribution in [3.63, 3.8) is 0 Å². The molecule has 0 fully saturated rings. The molecule has 0 atom stereocenters. The summed E-state index contributed by atoms with van der Waals surface area (Å²) >= 11 is 1.63. The highest BCUT2D eigenvalue weighted by molar-refractivity contribution is 7.09. The second-order valence-electron chi connectivity index (χ2n) is 5.49. The summed E-state index contributed by atoms with van der Waals surface area (Å²) in [4.78, 5) is 5.07. The van der Waals surface area contributed by atoms with Crippen LogP contribution < -0.4 is 14.8 Å². The lowest BCUT2D eigenvalue weighted by molar-refractivity contribution is 0.0666. The van der Waals surface area contributed by atoms with E-state index in [2.05, 4.69) is 10.3 Å². The summed E-state index contributed by atoms with van der Waals surface area (Å²) in [5.41, 5.74) is 0.959. The molecule has 2 aromatic heterocycles. The van der Waals surface area contributed by atoms with Gasteiger partial charge in [-0.2, -0.15) is 8.78 Å². The monoisotopic (exact) mass is 379 g/mol. The van der Waals surface area contributed by atoms with E-state index in [0.29, 0.717) is 30.5 Å². The summed E-state index contributed by atoms with van der Waals surface area (Å²) in [6, 6.07) is 9.63. The van der Waals surface area contributed by atoms with Crippen molar-refractivity contribution in [3.05, 3.63) is 64.4 Å². The zero-order valence-corrected chi connectivity index (χ0v) is 15.0. The Morgan fingerprint density at radius 3 is 2.85 bits per heavy atom. The van der Waals surface area contributed by atoms with Gasteiger partial charge in [0.25, 0.3) is 0 Å². The van der Waals surface area contributed by atoms with Gasteiger partial charge >= 0.3 is 6.55 Å². The number of halogens is 2. The van der Waals surface area contributed by atoms with Gasteiger partial charge in [-0.15, -0.1) is 11.3 Å². The van der Waals surface area contributed by atoms with Crippen molar-refractivity contribution < 1.29 is 18.3 Å². The number of hydrogen-bond donors (Lipinski definition) is 1. The number of hydrogen-bond acceptors (Lipinski definition) is 5. The van der Waals surface area contributed by atoms with Crippen LogP contribution in [-0.2, 0) is 19.7 Å². The van der Waals surface area contributed by atoms with Gasteiger partial charge in [0.1, 0.15) is 12.4 Å². The Balaban J connectivity index is 1.57. The lowest BCUT2D eigenvalue weighted by Crippen LogP contribution is -2.17. The summed E-state index contributed by atoms with van der Waals surface area (Å²) in [6.07, 6.45) is 2.64. The van der Waals surface area contributed by atoms with Crippen molar-refractivity contribution in [1.82, 2.24) is 14.9 Å². The highest BCUT2D eigenvalue weighted by atomic mass is 32.1. The zero-order chi connectivity index (χ0) is 18.4. The molecule has 0 radical (unpaired) electrons. The van der Waals surface area contributed by atoms with E-state index in [1.54, 1.807) is 18.4 Å². The van der Waals surface area contributed by atoms with Gasteiger partial charge in [0, 0.05) is 23.8 Å². The van der Waals surface area contributed by atoms with Crippen LogP contribution in [0.1, 0.15) is 22.8 Å². The van der Waals surface area contributed by atoms with Gasteiger partial charge in [0.05, 0.1) is 13.7 Å². The van der Waals surface area contributed by atoms with Crippen LogP contribution in [0.4, 0.5) is 8.78 Å². The third kappa shape index (κ3) is 4.59. The molecular weight excluding hydrogens is 360 g/mol. The lowest BCUT2D eigenvalue weighted by atomic mass is 10.2. The molecule has 3 rings (SSSR count). The molecule has 8 heteroatoms. The van der Waals surface area contributed by atoms with Gasteiger partial charge in [0.15, 0.2) is 11.5 Å². The van der Waals surface area contributed by atoms with Crippen LogP contribution >= 0.6 is 11.3 Å². The van der Waals surface area contributed by atoms with Gasteiger partial charge < -0.3 is 14.8 Å². The maximum atomic E-state index is 12.8. The summed E-state index contributed by atoms with van der Waals surface area (Å²) in [7, 11) is 1.59. The van der Waals surface area contributed by atoms with E-state index in [0.717, 1.165) is 15.0 Å². The summed E-state index contributed by atoms with van der Waals surface area (Å²) in [6.45, 7) is -1.36. The second-order valence-corrected chi connectivity index (χ2v) is 6.52. The molecule has 1 aromatic carbocycles. The number of aromatic nitrogens is 2.